The van der Waals surface area contributed by atoms with E-state index in [1.165, 1.54) is 30.4 Å². The van der Waals surface area contributed by atoms with Gasteiger partial charge in [-0.05, 0) is 61.0 Å². The molecule has 1 heterocycles. The van der Waals surface area contributed by atoms with Gasteiger partial charge in [0.1, 0.15) is 0 Å². The minimum atomic E-state index is -0.770. The van der Waals surface area contributed by atoms with Gasteiger partial charge in [-0.2, -0.15) is 0 Å². The molecule has 0 radical (unpaired) electrons. The number of aromatic carboxylic acids is 1. The van der Waals surface area contributed by atoms with Gasteiger partial charge in [-0.1, -0.05) is 6.07 Å². The molecule has 2 aliphatic rings. The molecule has 90 valence electrons. The molecule has 0 amide bonds. The molecule has 3 rings (SSSR count). The van der Waals surface area contributed by atoms with E-state index in [1.807, 2.05) is 6.07 Å². The van der Waals surface area contributed by atoms with Crippen LogP contribution >= 0.6 is 11.8 Å². The summed E-state index contributed by atoms with van der Waals surface area (Å²) in [5.74, 6) is 1.09. The van der Waals surface area contributed by atoms with Gasteiger partial charge >= 0.3 is 5.97 Å². The van der Waals surface area contributed by atoms with Gasteiger partial charge in [-0.15, -0.1) is 11.8 Å². The van der Waals surface area contributed by atoms with Gasteiger partial charge in [0.15, 0.2) is 0 Å². The van der Waals surface area contributed by atoms with Gasteiger partial charge < -0.3 is 5.11 Å². The molecule has 0 atom stereocenters. The van der Waals surface area contributed by atoms with Crippen LogP contribution in [-0.4, -0.2) is 16.8 Å². The number of hydrogen-bond acceptors (Lipinski definition) is 2. The molecule has 1 saturated carbocycles. The number of carboxylic acids is 1. The molecule has 0 spiro atoms. The molecule has 0 aromatic heterocycles. The third-order valence-electron chi connectivity index (χ3n) is 3.51. The summed E-state index contributed by atoms with van der Waals surface area (Å²) in [7, 11) is 0. The second-order valence-electron chi connectivity index (χ2n) is 5.04. The molecule has 0 saturated heterocycles. The van der Waals surface area contributed by atoms with Crippen LogP contribution in [-0.2, 0) is 12.8 Å². The maximum absolute atomic E-state index is 11.3. The molecular formula is C14H16O2S. The average Bonchev–Trinajstić information content (AvgIpc) is 3.11. The van der Waals surface area contributed by atoms with Crippen LogP contribution < -0.4 is 0 Å². The molecule has 1 aliphatic carbocycles. The van der Waals surface area contributed by atoms with Crippen LogP contribution in [0.2, 0.25) is 0 Å². The monoisotopic (exact) mass is 248 g/mol. The van der Waals surface area contributed by atoms with Crippen molar-refractivity contribution in [2.45, 2.75) is 37.0 Å². The summed E-state index contributed by atoms with van der Waals surface area (Å²) < 4.78 is 0. The number of fused-ring (bicyclic) bond motifs is 1. The van der Waals surface area contributed by atoms with Crippen molar-refractivity contribution in [3.63, 3.8) is 0 Å². The fourth-order valence-corrected chi connectivity index (χ4v) is 3.62. The van der Waals surface area contributed by atoms with E-state index in [0.29, 0.717) is 5.56 Å². The van der Waals surface area contributed by atoms with E-state index in [4.69, 9.17) is 0 Å². The summed E-state index contributed by atoms with van der Waals surface area (Å²) >= 11 is 1.71. The first-order valence-electron chi connectivity index (χ1n) is 6.26. The van der Waals surface area contributed by atoms with E-state index in [-0.39, 0.29) is 0 Å². The predicted molar refractivity (Wildman–Crippen MR) is 68.9 cm³/mol. The number of benzene rings is 1. The van der Waals surface area contributed by atoms with Crippen LogP contribution in [0.3, 0.4) is 0 Å². The number of carboxylic acid groups (broad SMARTS) is 1. The highest BCUT2D eigenvalue weighted by molar-refractivity contribution is 7.99. The average molecular weight is 248 g/mol. The Balaban J connectivity index is 2.00. The van der Waals surface area contributed by atoms with Gasteiger partial charge in [-0.3, -0.25) is 0 Å². The van der Waals surface area contributed by atoms with Crippen molar-refractivity contribution in [1.29, 1.82) is 0 Å². The molecule has 1 aliphatic heterocycles. The van der Waals surface area contributed by atoms with Crippen molar-refractivity contribution in [3.05, 3.63) is 28.8 Å². The quantitative estimate of drug-likeness (QED) is 0.891. The van der Waals surface area contributed by atoms with Crippen molar-refractivity contribution in [2.75, 3.05) is 5.75 Å². The van der Waals surface area contributed by atoms with Crippen LogP contribution in [0, 0.1) is 5.92 Å². The molecule has 1 fully saturated rings. The molecule has 1 aromatic rings. The molecule has 1 aromatic carbocycles. The Morgan fingerprint density at radius 3 is 2.94 bits per heavy atom. The lowest BCUT2D eigenvalue weighted by molar-refractivity contribution is 0.0692. The lowest BCUT2D eigenvalue weighted by Gasteiger charge is -2.18. The van der Waals surface area contributed by atoms with E-state index in [0.717, 1.165) is 29.4 Å². The van der Waals surface area contributed by atoms with Crippen molar-refractivity contribution in [3.8, 4) is 0 Å². The van der Waals surface area contributed by atoms with Gasteiger partial charge in [0, 0.05) is 4.90 Å². The summed E-state index contributed by atoms with van der Waals surface area (Å²) in [6.45, 7) is 0. The molecule has 17 heavy (non-hydrogen) atoms. The summed E-state index contributed by atoms with van der Waals surface area (Å²) in [6.07, 6.45) is 5.91. The molecule has 2 nitrogen and oxygen atoms in total. The van der Waals surface area contributed by atoms with Crippen molar-refractivity contribution >= 4 is 17.7 Å². The molecule has 0 bridgehead atoms. The van der Waals surface area contributed by atoms with Crippen LogP contribution in [0.5, 0.6) is 0 Å². The summed E-state index contributed by atoms with van der Waals surface area (Å²) in [4.78, 5) is 12.3. The Morgan fingerprint density at radius 2 is 2.24 bits per heavy atom. The third-order valence-corrected chi connectivity index (χ3v) is 4.78. The zero-order valence-corrected chi connectivity index (χ0v) is 10.6. The van der Waals surface area contributed by atoms with Crippen LogP contribution in [0.1, 0.15) is 40.7 Å². The highest BCUT2D eigenvalue weighted by Crippen LogP contribution is 2.37. The van der Waals surface area contributed by atoms with Gasteiger partial charge in [0.25, 0.3) is 0 Å². The third kappa shape index (κ3) is 2.34. The van der Waals surface area contributed by atoms with Gasteiger partial charge in [0.05, 0.1) is 5.56 Å². The zero-order valence-electron chi connectivity index (χ0n) is 9.74. The maximum Gasteiger partial charge on any atom is 0.336 e. The van der Waals surface area contributed by atoms with Crippen LogP contribution in [0.4, 0.5) is 0 Å². The largest absolute Gasteiger partial charge is 0.478 e. The second kappa shape index (κ2) is 4.37. The highest BCUT2D eigenvalue weighted by Gasteiger charge is 2.24. The smallest absolute Gasteiger partial charge is 0.336 e. The Hall–Kier alpha value is -0.960. The normalized spacial score (nSPS) is 18.8. The van der Waals surface area contributed by atoms with E-state index in [9.17, 15) is 9.90 Å². The Labute approximate surface area is 105 Å². The topological polar surface area (TPSA) is 37.3 Å². The molecule has 3 heteroatoms. The van der Waals surface area contributed by atoms with Gasteiger partial charge in [0.2, 0.25) is 0 Å². The number of aryl methyl sites for hydroxylation is 1. The summed E-state index contributed by atoms with van der Waals surface area (Å²) in [5.41, 5.74) is 3.02. The molecule has 0 unspecified atom stereocenters. The first kappa shape index (κ1) is 11.1. The zero-order chi connectivity index (χ0) is 11.8. The Morgan fingerprint density at radius 1 is 1.41 bits per heavy atom. The lowest BCUT2D eigenvalue weighted by Crippen LogP contribution is -2.08. The van der Waals surface area contributed by atoms with Crippen molar-refractivity contribution < 1.29 is 9.90 Å². The SMILES string of the molecule is O=C(O)c1cc(CC2CC2)cc2c1SCCC2. The van der Waals surface area contributed by atoms with E-state index >= 15 is 0 Å². The number of thioether (sulfide) groups is 1. The number of carbonyl (C=O) groups is 1. The first-order valence-corrected chi connectivity index (χ1v) is 7.24. The Kier molecular flexibility index (Phi) is 2.87. The standard InChI is InChI=1S/C14H16O2S/c15-14(16)12-8-10(6-9-3-4-9)7-11-2-1-5-17-13(11)12/h7-9H,1-6H2,(H,15,16). The molecular weight excluding hydrogens is 232 g/mol. The fourth-order valence-electron chi connectivity index (χ4n) is 2.48. The maximum atomic E-state index is 11.3. The first-order chi connectivity index (χ1) is 8.24. The van der Waals surface area contributed by atoms with Gasteiger partial charge in [-0.25, -0.2) is 4.79 Å². The summed E-state index contributed by atoms with van der Waals surface area (Å²) in [6, 6.07) is 4.14. The predicted octanol–water partition coefficient (Wildman–Crippen LogP) is 3.38. The Bertz CT molecular complexity index is 464. The van der Waals surface area contributed by atoms with Crippen LogP contribution in [0.15, 0.2) is 17.0 Å². The minimum Gasteiger partial charge on any atom is -0.478 e. The van der Waals surface area contributed by atoms with Crippen molar-refractivity contribution in [2.24, 2.45) is 5.92 Å². The molecule has 1 N–H and O–H groups in total. The van der Waals surface area contributed by atoms with Crippen molar-refractivity contribution in [1.82, 2.24) is 0 Å². The van der Waals surface area contributed by atoms with E-state index in [2.05, 4.69) is 6.07 Å². The van der Waals surface area contributed by atoms with Crippen LogP contribution in [0.25, 0.3) is 0 Å². The number of rotatable bonds is 3. The number of hydrogen-bond donors (Lipinski definition) is 1. The van der Waals surface area contributed by atoms with E-state index in [1.54, 1.807) is 11.8 Å². The fraction of sp³-hybridized carbons (Fsp3) is 0.500. The highest BCUT2D eigenvalue weighted by atomic mass is 32.2. The second-order valence-corrected chi connectivity index (χ2v) is 6.14. The summed E-state index contributed by atoms with van der Waals surface area (Å²) in [5, 5.41) is 9.30. The van der Waals surface area contributed by atoms with E-state index < -0.39 is 5.97 Å². The lowest BCUT2D eigenvalue weighted by atomic mass is 9.99. The minimum absolute atomic E-state index is 0.530.